The molecule has 0 aliphatic carbocycles. The van der Waals surface area contributed by atoms with Crippen LogP contribution in [-0.4, -0.2) is 29.9 Å². The third-order valence-electron chi connectivity index (χ3n) is 4.95. The maximum atomic E-state index is 12.6. The summed E-state index contributed by atoms with van der Waals surface area (Å²) in [5, 5.41) is 2.92. The van der Waals surface area contributed by atoms with Crippen molar-refractivity contribution < 1.29 is 14.3 Å². The van der Waals surface area contributed by atoms with Gasteiger partial charge < -0.3 is 15.0 Å². The van der Waals surface area contributed by atoms with E-state index in [1.807, 2.05) is 51.1 Å². The van der Waals surface area contributed by atoms with Gasteiger partial charge in [-0.1, -0.05) is 18.2 Å². The molecule has 27 heavy (non-hydrogen) atoms. The zero-order chi connectivity index (χ0) is 19.4. The summed E-state index contributed by atoms with van der Waals surface area (Å²) < 4.78 is 5.49. The van der Waals surface area contributed by atoms with Crippen LogP contribution in [0.5, 0.6) is 5.88 Å². The molecule has 1 aliphatic heterocycles. The topological polar surface area (TPSA) is 71.5 Å². The van der Waals surface area contributed by atoms with Crippen molar-refractivity contribution in [2.75, 3.05) is 18.1 Å². The van der Waals surface area contributed by atoms with Gasteiger partial charge in [-0.05, 0) is 44.0 Å². The lowest BCUT2D eigenvalue weighted by atomic mass is 10.1. The first-order valence-electron chi connectivity index (χ1n) is 9.22. The van der Waals surface area contributed by atoms with E-state index in [0.29, 0.717) is 25.6 Å². The summed E-state index contributed by atoms with van der Waals surface area (Å²) in [5.41, 5.74) is 3.92. The maximum Gasteiger partial charge on any atom is 0.227 e. The van der Waals surface area contributed by atoms with Crippen LogP contribution in [0.2, 0.25) is 0 Å². The molecule has 6 heteroatoms. The van der Waals surface area contributed by atoms with Gasteiger partial charge in [0.25, 0.3) is 0 Å². The molecule has 1 saturated heterocycles. The Labute approximate surface area is 159 Å². The number of benzene rings is 1. The largest absolute Gasteiger partial charge is 0.478 e. The van der Waals surface area contributed by atoms with Gasteiger partial charge in [-0.2, -0.15) is 0 Å². The summed E-state index contributed by atoms with van der Waals surface area (Å²) in [5.74, 6) is 0.0344. The normalized spacial score (nSPS) is 16.5. The lowest BCUT2D eigenvalue weighted by Crippen LogP contribution is -2.33. The number of nitrogens with one attached hydrogen (secondary N) is 1. The van der Waals surface area contributed by atoms with Gasteiger partial charge in [-0.3, -0.25) is 9.59 Å². The Morgan fingerprint density at radius 3 is 2.89 bits per heavy atom. The summed E-state index contributed by atoms with van der Waals surface area (Å²) in [4.78, 5) is 31.0. The Hall–Kier alpha value is -2.89. The van der Waals surface area contributed by atoms with E-state index in [-0.39, 0.29) is 24.2 Å². The monoisotopic (exact) mass is 367 g/mol. The fraction of sp³-hybridized carbons (Fsp3) is 0.381. The van der Waals surface area contributed by atoms with Crippen molar-refractivity contribution in [3.8, 4) is 5.88 Å². The second kappa shape index (κ2) is 8.20. The van der Waals surface area contributed by atoms with E-state index in [2.05, 4.69) is 10.3 Å². The highest BCUT2D eigenvalue weighted by Gasteiger charge is 2.35. The number of ether oxygens (including phenoxy) is 1. The number of hydrogen-bond donors (Lipinski definition) is 1. The molecule has 142 valence electrons. The minimum atomic E-state index is -0.357. The Balaban J connectivity index is 1.65. The molecule has 3 rings (SSSR count). The summed E-state index contributed by atoms with van der Waals surface area (Å²) in [6.45, 7) is 7.16. The quantitative estimate of drug-likeness (QED) is 0.852. The average molecular weight is 367 g/mol. The molecule has 0 spiro atoms. The highest BCUT2D eigenvalue weighted by molar-refractivity contribution is 6.00. The fourth-order valence-electron chi connectivity index (χ4n) is 3.30. The second-order valence-corrected chi connectivity index (χ2v) is 6.74. The van der Waals surface area contributed by atoms with Crippen molar-refractivity contribution in [2.24, 2.45) is 5.92 Å². The predicted octanol–water partition coefficient (Wildman–Crippen LogP) is 2.77. The SMILES string of the molecule is CCOc1ncccc1CNC(=O)C1CC(=O)N(c2cccc(C)c2C)C1. The van der Waals surface area contributed by atoms with Crippen LogP contribution in [0.1, 0.15) is 30.0 Å². The molecule has 1 aliphatic rings. The van der Waals surface area contributed by atoms with Gasteiger partial charge in [-0.15, -0.1) is 0 Å². The number of nitrogens with zero attached hydrogens (tertiary/aromatic N) is 2. The van der Waals surface area contributed by atoms with Crippen molar-refractivity contribution in [3.63, 3.8) is 0 Å². The smallest absolute Gasteiger partial charge is 0.227 e. The number of hydrogen-bond acceptors (Lipinski definition) is 4. The second-order valence-electron chi connectivity index (χ2n) is 6.74. The lowest BCUT2D eigenvalue weighted by Gasteiger charge is -2.20. The Morgan fingerprint density at radius 1 is 1.30 bits per heavy atom. The predicted molar refractivity (Wildman–Crippen MR) is 104 cm³/mol. The van der Waals surface area contributed by atoms with Crippen molar-refractivity contribution in [2.45, 2.75) is 33.7 Å². The molecule has 2 aromatic rings. The molecule has 2 heterocycles. The molecule has 6 nitrogen and oxygen atoms in total. The number of rotatable bonds is 6. The molecule has 2 amide bonds. The summed E-state index contributed by atoms with van der Waals surface area (Å²) >= 11 is 0. The van der Waals surface area contributed by atoms with Crippen LogP contribution < -0.4 is 15.0 Å². The molecule has 0 saturated carbocycles. The van der Waals surface area contributed by atoms with Gasteiger partial charge in [0.05, 0.1) is 12.5 Å². The van der Waals surface area contributed by atoms with Crippen molar-refractivity contribution >= 4 is 17.5 Å². The first-order chi connectivity index (χ1) is 13.0. The van der Waals surface area contributed by atoms with E-state index in [4.69, 9.17) is 4.74 Å². The minimum absolute atomic E-state index is 0.0137. The average Bonchev–Trinajstić information content (AvgIpc) is 3.05. The van der Waals surface area contributed by atoms with Gasteiger partial charge in [0.15, 0.2) is 0 Å². The molecule has 1 aromatic carbocycles. The van der Waals surface area contributed by atoms with Crippen LogP contribution in [0, 0.1) is 19.8 Å². The van der Waals surface area contributed by atoms with Crippen LogP contribution in [0.4, 0.5) is 5.69 Å². The van der Waals surface area contributed by atoms with Gasteiger partial charge >= 0.3 is 0 Å². The first kappa shape index (κ1) is 18.9. The van der Waals surface area contributed by atoms with Crippen molar-refractivity contribution in [1.29, 1.82) is 0 Å². The van der Waals surface area contributed by atoms with E-state index >= 15 is 0 Å². The van der Waals surface area contributed by atoms with E-state index in [9.17, 15) is 9.59 Å². The van der Waals surface area contributed by atoms with Gasteiger partial charge in [0.1, 0.15) is 0 Å². The van der Waals surface area contributed by atoms with E-state index < -0.39 is 0 Å². The molecular formula is C21H25N3O3. The highest BCUT2D eigenvalue weighted by Crippen LogP contribution is 2.29. The Kier molecular flexibility index (Phi) is 5.74. The van der Waals surface area contributed by atoms with Crippen LogP contribution in [0.15, 0.2) is 36.5 Å². The number of carbonyl (C=O) groups is 2. The molecular weight excluding hydrogens is 342 g/mol. The van der Waals surface area contributed by atoms with Gasteiger partial charge in [0.2, 0.25) is 17.7 Å². The number of aromatic nitrogens is 1. The summed E-state index contributed by atoms with van der Waals surface area (Å²) in [6.07, 6.45) is 1.89. The lowest BCUT2D eigenvalue weighted by molar-refractivity contribution is -0.126. The van der Waals surface area contributed by atoms with Gasteiger partial charge in [0, 0.05) is 37.0 Å². The molecule has 1 N–H and O–H groups in total. The first-order valence-corrected chi connectivity index (χ1v) is 9.22. The summed E-state index contributed by atoms with van der Waals surface area (Å²) in [6, 6.07) is 9.58. The molecule has 1 unspecified atom stereocenters. The Bertz CT molecular complexity index is 850. The maximum absolute atomic E-state index is 12.6. The summed E-state index contributed by atoms with van der Waals surface area (Å²) in [7, 11) is 0. The molecule has 1 aromatic heterocycles. The molecule has 0 bridgehead atoms. The molecule has 0 radical (unpaired) electrons. The number of carbonyl (C=O) groups excluding carboxylic acids is 2. The number of anilines is 1. The Morgan fingerprint density at radius 2 is 2.11 bits per heavy atom. The zero-order valence-electron chi connectivity index (χ0n) is 16.0. The molecule has 1 fully saturated rings. The van der Waals surface area contributed by atoms with Crippen molar-refractivity contribution in [3.05, 3.63) is 53.2 Å². The van der Waals surface area contributed by atoms with Crippen LogP contribution >= 0.6 is 0 Å². The number of aryl methyl sites for hydroxylation is 1. The van der Waals surface area contributed by atoms with Crippen LogP contribution in [0.25, 0.3) is 0 Å². The van der Waals surface area contributed by atoms with E-state index in [1.165, 1.54) is 0 Å². The molecule has 1 atom stereocenters. The fourth-order valence-corrected chi connectivity index (χ4v) is 3.30. The third-order valence-corrected chi connectivity index (χ3v) is 4.95. The zero-order valence-corrected chi connectivity index (χ0v) is 16.0. The minimum Gasteiger partial charge on any atom is -0.478 e. The van der Waals surface area contributed by atoms with E-state index in [0.717, 1.165) is 22.4 Å². The van der Waals surface area contributed by atoms with Crippen LogP contribution in [-0.2, 0) is 16.1 Å². The third kappa shape index (κ3) is 4.10. The number of pyridine rings is 1. The van der Waals surface area contributed by atoms with Crippen LogP contribution in [0.3, 0.4) is 0 Å². The van der Waals surface area contributed by atoms with E-state index in [1.54, 1.807) is 11.1 Å². The van der Waals surface area contributed by atoms with Crippen molar-refractivity contribution in [1.82, 2.24) is 10.3 Å². The standard InChI is InChI=1S/C21H25N3O3/c1-4-27-21-16(8-6-10-22-21)12-23-20(26)17-11-19(25)24(13-17)18-9-5-7-14(2)15(18)3/h5-10,17H,4,11-13H2,1-3H3,(H,23,26). The van der Waals surface area contributed by atoms with Gasteiger partial charge in [-0.25, -0.2) is 4.98 Å². The highest BCUT2D eigenvalue weighted by atomic mass is 16.5. The number of amides is 2.